The first kappa shape index (κ1) is 13.9. The molecule has 1 aromatic heterocycles. The highest BCUT2D eigenvalue weighted by molar-refractivity contribution is 5.59. The molecular formula is C15H19N3O3. The first-order valence-corrected chi connectivity index (χ1v) is 7.08. The van der Waals surface area contributed by atoms with E-state index in [9.17, 15) is 0 Å². The van der Waals surface area contributed by atoms with Gasteiger partial charge in [-0.15, -0.1) is 0 Å². The average Bonchev–Trinajstić information content (AvgIpc) is 3.05. The first-order valence-electron chi connectivity index (χ1n) is 7.08. The Kier molecular flexibility index (Phi) is 4.06. The van der Waals surface area contributed by atoms with Crippen molar-refractivity contribution in [1.29, 1.82) is 0 Å². The molecule has 1 saturated heterocycles. The van der Waals surface area contributed by atoms with E-state index in [0.29, 0.717) is 23.3 Å². The van der Waals surface area contributed by atoms with Gasteiger partial charge in [0.05, 0.1) is 14.2 Å². The SMILES string of the molecule is COc1ccc(-c2nc(C3CCCNC3)no2)cc1OC. The molecule has 0 spiro atoms. The lowest BCUT2D eigenvalue weighted by molar-refractivity contribution is 0.354. The number of methoxy groups -OCH3 is 2. The topological polar surface area (TPSA) is 69.4 Å². The van der Waals surface area contributed by atoms with E-state index in [1.165, 1.54) is 0 Å². The van der Waals surface area contributed by atoms with Crippen molar-refractivity contribution in [1.82, 2.24) is 15.5 Å². The quantitative estimate of drug-likeness (QED) is 0.930. The van der Waals surface area contributed by atoms with Crippen molar-refractivity contribution in [2.45, 2.75) is 18.8 Å². The highest BCUT2D eigenvalue weighted by Gasteiger charge is 2.21. The number of nitrogens with zero attached hydrogens (tertiary/aromatic N) is 2. The maximum atomic E-state index is 5.39. The Morgan fingerprint density at radius 2 is 2.10 bits per heavy atom. The van der Waals surface area contributed by atoms with Crippen LogP contribution in [0.4, 0.5) is 0 Å². The van der Waals surface area contributed by atoms with Crippen molar-refractivity contribution in [3.8, 4) is 23.0 Å². The summed E-state index contributed by atoms with van der Waals surface area (Å²) < 4.78 is 15.9. The highest BCUT2D eigenvalue weighted by Crippen LogP contribution is 2.32. The fraction of sp³-hybridized carbons (Fsp3) is 0.467. The third-order valence-electron chi connectivity index (χ3n) is 3.73. The lowest BCUT2D eigenvalue weighted by Gasteiger charge is -2.19. The summed E-state index contributed by atoms with van der Waals surface area (Å²) in [5.41, 5.74) is 0.829. The third-order valence-corrected chi connectivity index (χ3v) is 3.73. The van der Waals surface area contributed by atoms with Crippen LogP contribution in [0.2, 0.25) is 0 Å². The van der Waals surface area contributed by atoms with Crippen molar-refractivity contribution in [2.75, 3.05) is 27.3 Å². The largest absolute Gasteiger partial charge is 0.493 e. The second kappa shape index (κ2) is 6.13. The molecule has 112 valence electrons. The van der Waals surface area contributed by atoms with E-state index < -0.39 is 0 Å². The summed E-state index contributed by atoms with van der Waals surface area (Å²) in [4.78, 5) is 4.52. The summed E-state index contributed by atoms with van der Waals surface area (Å²) in [6.07, 6.45) is 2.24. The number of rotatable bonds is 4. The van der Waals surface area contributed by atoms with Gasteiger partial charge in [-0.05, 0) is 37.6 Å². The van der Waals surface area contributed by atoms with E-state index in [0.717, 1.165) is 37.3 Å². The van der Waals surface area contributed by atoms with Crippen LogP contribution < -0.4 is 14.8 Å². The van der Waals surface area contributed by atoms with Crippen LogP contribution in [0.5, 0.6) is 11.5 Å². The summed E-state index contributed by atoms with van der Waals surface area (Å²) in [5, 5.41) is 7.47. The van der Waals surface area contributed by atoms with Crippen molar-refractivity contribution in [3.05, 3.63) is 24.0 Å². The molecule has 6 heteroatoms. The van der Waals surface area contributed by atoms with Gasteiger partial charge >= 0.3 is 0 Å². The van der Waals surface area contributed by atoms with Gasteiger partial charge < -0.3 is 19.3 Å². The van der Waals surface area contributed by atoms with Gasteiger partial charge in [0.2, 0.25) is 0 Å². The lowest BCUT2D eigenvalue weighted by atomic mass is 9.99. The minimum absolute atomic E-state index is 0.330. The van der Waals surface area contributed by atoms with Crippen LogP contribution in [-0.2, 0) is 0 Å². The minimum atomic E-state index is 0.330. The molecule has 1 aliphatic heterocycles. The number of benzene rings is 1. The van der Waals surface area contributed by atoms with Crippen LogP contribution in [0.15, 0.2) is 22.7 Å². The minimum Gasteiger partial charge on any atom is -0.493 e. The fourth-order valence-electron chi connectivity index (χ4n) is 2.56. The van der Waals surface area contributed by atoms with Gasteiger partial charge in [-0.3, -0.25) is 0 Å². The predicted molar refractivity (Wildman–Crippen MR) is 77.7 cm³/mol. The maximum absolute atomic E-state index is 5.39. The summed E-state index contributed by atoms with van der Waals surface area (Å²) >= 11 is 0. The van der Waals surface area contributed by atoms with Crippen LogP contribution in [0.25, 0.3) is 11.5 Å². The van der Waals surface area contributed by atoms with E-state index in [2.05, 4.69) is 15.5 Å². The van der Waals surface area contributed by atoms with E-state index in [4.69, 9.17) is 14.0 Å². The van der Waals surface area contributed by atoms with Crippen molar-refractivity contribution in [2.24, 2.45) is 0 Å². The molecule has 0 bridgehead atoms. The molecule has 0 radical (unpaired) electrons. The second-order valence-corrected chi connectivity index (χ2v) is 5.07. The van der Waals surface area contributed by atoms with E-state index in [1.807, 2.05) is 18.2 Å². The average molecular weight is 289 g/mol. The zero-order chi connectivity index (χ0) is 14.7. The molecule has 0 saturated carbocycles. The molecule has 2 heterocycles. The van der Waals surface area contributed by atoms with Crippen LogP contribution >= 0.6 is 0 Å². The van der Waals surface area contributed by atoms with E-state index in [-0.39, 0.29) is 0 Å². The number of ether oxygens (including phenoxy) is 2. The Morgan fingerprint density at radius 1 is 1.24 bits per heavy atom. The zero-order valence-electron chi connectivity index (χ0n) is 12.3. The van der Waals surface area contributed by atoms with Gasteiger partial charge in [0, 0.05) is 18.0 Å². The van der Waals surface area contributed by atoms with Crippen molar-refractivity contribution < 1.29 is 14.0 Å². The summed E-state index contributed by atoms with van der Waals surface area (Å²) in [7, 11) is 3.22. The number of nitrogens with one attached hydrogen (secondary N) is 1. The molecule has 3 rings (SSSR count). The van der Waals surface area contributed by atoms with Crippen LogP contribution in [0, 0.1) is 0 Å². The molecule has 1 atom stereocenters. The summed E-state index contributed by atoms with van der Waals surface area (Å²) in [5.74, 6) is 2.94. The Balaban J connectivity index is 1.85. The molecule has 1 N–H and O–H groups in total. The normalized spacial score (nSPS) is 18.5. The number of aromatic nitrogens is 2. The molecule has 1 unspecified atom stereocenters. The first-order chi connectivity index (χ1) is 10.3. The molecule has 1 aromatic carbocycles. The zero-order valence-corrected chi connectivity index (χ0v) is 12.3. The van der Waals surface area contributed by atoms with E-state index in [1.54, 1.807) is 14.2 Å². The van der Waals surface area contributed by atoms with Crippen LogP contribution in [0.3, 0.4) is 0 Å². The second-order valence-electron chi connectivity index (χ2n) is 5.07. The molecule has 1 fully saturated rings. The Hall–Kier alpha value is -2.08. The molecular weight excluding hydrogens is 270 g/mol. The van der Waals surface area contributed by atoms with Gasteiger partial charge in [0.25, 0.3) is 5.89 Å². The van der Waals surface area contributed by atoms with Crippen LogP contribution in [-0.4, -0.2) is 37.4 Å². The van der Waals surface area contributed by atoms with Crippen LogP contribution in [0.1, 0.15) is 24.6 Å². The molecule has 0 amide bonds. The Bertz CT molecular complexity index is 606. The van der Waals surface area contributed by atoms with Gasteiger partial charge in [0.15, 0.2) is 17.3 Å². The van der Waals surface area contributed by atoms with Gasteiger partial charge in [-0.1, -0.05) is 5.16 Å². The Labute approximate surface area is 123 Å². The van der Waals surface area contributed by atoms with Crippen molar-refractivity contribution in [3.63, 3.8) is 0 Å². The van der Waals surface area contributed by atoms with Gasteiger partial charge in [0.1, 0.15) is 0 Å². The van der Waals surface area contributed by atoms with Gasteiger partial charge in [-0.2, -0.15) is 4.98 Å². The number of hydrogen-bond donors (Lipinski definition) is 1. The smallest absolute Gasteiger partial charge is 0.258 e. The highest BCUT2D eigenvalue weighted by atomic mass is 16.5. The Morgan fingerprint density at radius 3 is 2.81 bits per heavy atom. The molecule has 0 aliphatic carbocycles. The predicted octanol–water partition coefficient (Wildman–Crippen LogP) is 2.22. The molecule has 1 aliphatic rings. The molecule has 21 heavy (non-hydrogen) atoms. The van der Waals surface area contributed by atoms with E-state index >= 15 is 0 Å². The summed E-state index contributed by atoms with van der Waals surface area (Å²) in [6.45, 7) is 1.97. The fourth-order valence-corrected chi connectivity index (χ4v) is 2.56. The molecule has 6 nitrogen and oxygen atoms in total. The van der Waals surface area contributed by atoms with Crippen molar-refractivity contribution >= 4 is 0 Å². The number of hydrogen-bond acceptors (Lipinski definition) is 6. The monoisotopic (exact) mass is 289 g/mol. The maximum Gasteiger partial charge on any atom is 0.258 e. The summed E-state index contributed by atoms with van der Waals surface area (Å²) in [6, 6.07) is 5.56. The standard InChI is InChI=1S/C15H19N3O3/c1-19-12-6-5-10(8-13(12)20-2)15-17-14(18-21-15)11-4-3-7-16-9-11/h5-6,8,11,16H,3-4,7,9H2,1-2H3. The number of piperidine rings is 1. The van der Waals surface area contributed by atoms with Gasteiger partial charge in [-0.25, -0.2) is 0 Å². The lowest BCUT2D eigenvalue weighted by Crippen LogP contribution is -2.28. The molecule has 2 aromatic rings. The third kappa shape index (κ3) is 2.85.